The van der Waals surface area contributed by atoms with E-state index in [2.05, 4.69) is 34.9 Å². The highest BCUT2D eigenvalue weighted by atomic mass is 16.5. The van der Waals surface area contributed by atoms with Gasteiger partial charge in [0.1, 0.15) is 0 Å². The van der Waals surface area contributed by atoms with Crippen LogP contribution in [-0.4, -0.2) is 38.3 Å². The molecule has 23 heavy (non-hydrogen) atoms. The molecule has 3 rings (SSSR count). The van der Waals surface area contributed by atoms with E-state index in [0.717, 1.165) is 24.9 Å². The standard InChI is InChI=1S/C19H24N2O2/c1-23-14-19(9-4-10-21-19)13-20-18(22)12-15-7-8-16-5-2-3-6-17(16)11-15/h2-3,5-8,11,21H,4,9-10,12-14H2,1H3,(H,20,22). The van der Waals surface area contributed by atoms with Crippen molar-refractivity contribution >= 4 is 16.7 Å². The van der Waals surface area contributed by atoms with Gasteiger partial charge in [0, 0.05) is 13.7 Å². The lowest BCUT2D eigenvalue weighted by Gasteiger charge is -2.29. The zero-order valence-electron chi connectivity index (χ0n) is 13.6. The predicted molar refractivity (Wildman–Crippen MR) is 92.5 cm³/mol. The molecule has 1 atom stereocenters. The normalized spacial score (nSPS) is 20.7. The van der Waals surface area contributed by atoms with Crippen LogP contribution in [0.5, 0.6) is 0 Å². The molecule has 4 nitrogen and oxygen atoms in total. The van der Waals surface area contributed by atoms with E-state index in [4.69, 9.17) is 4.74 Å². The Labute approximate surface area is 137 Å². The number of amides is 1. The van der Waals surface area contributed by atoms with E-state index >= 15 is 0 Å². The van der Waals surface area contributed by atoms with Crippen molar-refractivity contribution in [1.29, 1.82) is 0 Å². The largest absolute Gasteiger partial charge is 0.383 e. The quantitative estimate of drug-likeness (QED) is 0.860. The molecule has 0 bridgehead atoms. The van der Waals surface area contributed by atoms with Crippen LogP contribution in [-0.2, 0) is 16.0 Å². The molecule has 122 valence electrons. The van der Waals surface area contributed by atoms with Crippen LogP contribution in [0.25, 0.3) is 10.8 Å². The van der Waals surface area contributed by atoms with Gasteiger partial charge in [0.25, 0.3) is 0 Å². The minimum absolute atomic E-state index is 0.0597. The number of methoxy groups -OCH3 is 1. The number of hydrogen-bond acceptors (Lipinski definition) is 3. The van der Waals surface area contributed by atoms with Crippen molar-refractivity contribution in [2.45, 2.75) is 24.8 Å². The molecule has 1 fully saturated rings. The predicted octanol–water partition coefficient (Wildman–Crippen LogP) is 2.27. The molecule has 2 aromatic carbocycles. The third-order valence-electron chi connectivity index (χ3n) is 4.56. The third kappa shape index (κ3) is 3.89. The molecule has 4 heteroatoms. The molecule has 0 aliphatic carbocycles. The van der Waals surface area contributed by atoms with Gasteiger partial charge in [-0.15, -0.1) is 0 Å². The maximum absolute atomic E-state index is 12.3. The van der Waals surface area contributed by atoms with Crippen LogP contribution >= 0.6 is 0 Å². The van der Waals surface area contributed by atoms with E-state index in [9.17, 15) is 4.79 Å². The zero-order chi connectivity index (χ0) is 16.1. The average molecular weight is 312 g/mol. The Balaban J connectivity index is 1.59. The van der Waals surface area contributed by atoms with Crippen molar-refractivity contribution in [3.8, 4) is 0 Å². The molecule has 2 aromatic rings. The van der Waals surface area contributed by atoms with Crippen LogP contribution in [0.3, 0.4) is 0 Å². The summed E-state index contributed by atoms with van der Waals surface area (Å²) in [7, 11) is 1.71. The van der Waals surface area contributed by atoms with Gasteiger partial charge in [-0.25, -0.2) is 0 Å². The summed E-state index contributed by atoms with van der Waals surface area (Å²) in [5, 5.41) is 8.91. The summed E-state index contributed by atoms with van der Waals surface area (Å²) in [6.07, 6.45) is 2.58. The van der Waals surface area contributed by atoms with Gasteiger partial charge < -0.3 is 15.4 Å². The number of benzene rings is 2. The fourth-order valence-corrected chi connectivity index (χ4v) is 3.33. The summed E-state index contributed by atoms with van der Waals surface area (Å²) in [6, 6.07) is 14.4. The van der Waals surface area contributed by atoms with E-state index in [-0.39, 0.29) is 11.4 Å². The smallest absolute Gasteiger partial charge is 0.224 e. The lowest BCUT2D eigenvalue weighted by atomic mass is 9.98. The van der Waals surface area contributed by atoms with Gasteiger partial charge in [-0.1, -0.05) is 42.5 Å². The molecule has 1 amide bonds. The molecule has 1 aliphatic heterocycles. The Morgan fingerprint density at radius 2 is 2.09 bits per heavy atom. The summed E-state index contributed by atoms with van der Waals surface area (Å²) in [5.41, 5.74) is 0.940. The summed E-state index contributed by atoms with van der Waals surface area (Å²) < 4.78 is 5.31. The van der Waals surface area contributed by atoms with E-state index in [1.165, 1.54) is 10.8 Å². The number of fused-ring (bicyclic) bond motifs is 1. The van der Waals surface area contributed by atoms with Crippen LogP contribution in [0.4, 0.5) is 0 Å². The molecule has 1 aliphatic rings. The summed E-state index contributed by atoms with van der Waals surface area (Å²) in [5.74, 6) is 0.0597. The van der Waals surface area contributed by atoms with Gasteiger partial charge in [-0.05, 0) is 35.7 Å². The maximum Gasteiger partial charge on any atom is 0.224 e. The third-order valence-corrected chi connectivity index (χ3v) is 4.56. The SMILES string of the molecule is COCC1(CNC(=O)Cc2ccc3ccccc3c2)CCCN1. The van der Waals surface area contributed by atoms with Crippen molar-refractivity contribution < 1.29 is 9.53 Å². The second-order valence-corrected chi connectivity index (χ2v) is 6.38. The molecule has 1 unspecified atom stereocenters. The Morgan fingerprint density at radius 3 is 2.83 bits per heavy atom. The summed E-state index contributed by atoms with van der Waals surface area (Å²) >= 11 is 0. The Morgan fingerprint density at radius 1 is 1.26 bits per heavy atom. The van der Waals surface area contributed by atoms with Crippen molar-refractivity contribution in [3.05, 3.63) is 48.0 Å². The van der Waals surface area contributed by atoms with Crippen LogP contribution in [0, 0.1) is 0 Å². The van der Waals surface area contributed by atoms with Gasteiger partial charge in [0.15, 0.2) is 0 Å². The molecule has 1 saturated heterocycles. The van der Waals surface area contributed by atoms with Gasteiger partial charge in [-0.3, -0.25) is 4.79 Å². The zero-order valence-corrected chi connectivity index (χ0v) is 13.6. The lowest BCUT2D eigenvalue weighted by molar-refractivity contribution is -0.120. The minimum Gasteiger partial charge on any atom is -0.383 e. The topological polar surface area (TPSA) is 50.4 Å². The molecule has 0 spiro atoms. The van der Waals surface area contributed by atoms with E-state index in [0.29, 0.717) is 19.6 Å². The Kier molecular flexibility index (Phi) is 4.94. The molecule has 0 aromatic heterocycles. The molecule has 2 N–H and O–H groups in total. The number of carbonyl (C=O) groups is 1. The van der Waals surface area contributed by atoms with E-state index < -0.39 is 0 Å². The van der Waals surface area contributed by atoms with Crippen LogP contribution in [0.2, 0.25) is 0 Å². The number of hydrogen-bond donors (Lipinski definition) is 2. The first kappa shape index (κ1) is 16.0. The maximum atomic E-state index is 12.3. The van der Waals surface area contributed by atoms with Gasteiger partial charge >= 0.3 is 0 Å². The highest BCUT2D eigenvalue weighted by Gasteiger charge is 2.33. The molecule has 0 radical (unpaired) electrons. The van der Waals surface area contributed by atoms with Gasteiger partial charge in [-0.2, -0.15) is 0 Å². The fourth-order valence-electron chi connectivity index (χ4n) is 3.33. The average Bonchev–Trinajstić information content (AvgIpc) is 3.02. The number of rotatable bonds is 6. The monoisotopic (exact) mass is 312 g/mol. The van der Waals surface area contributed by atoms with Crippen LogP contribution in [0.1, 0.15) is 18.4 Å². The fraction of sp³-hybridized carbons (Fsp3) is 0.421. The molecule has 0 saturated carbocycles. The summed E-state index contributed by atoms with van der Waals surface area (Å²) in [4.78, 5) is 12.3. The number of carbonyl (C=O) groups excluding carboxylic acids is 1. The number of nitrogens with one attached hydrogen (secondary N) is 2. The van der Waals surface area contributed by atoms with Crippen LogP contribution in [0.15, 0.2) is 42.5 Å². The number of ether oxygens (including phenoxy) is 1. The van der Waals surface area contributed by atoms with Gasteiger partial charge in [0.05, 0.1) is 18.6 Å². The Bertz CT molecular complexity index is 678. The molecular formula is C19H24N2O2. The second kappa shape index (κ2) is 7.11. The highest BCUT2D eigenvalue weighted by Crippen LogP contribution is 2.19. The van der Waals surface area contributed by atoms with E-state index in [1.807, 2.05) is 18.2 Å². The first-order valence-electron chi connectivity index (χ1n) is 8.19. The summed E-state index contributed by atoms with van der Waals surface area (Å²) in [6.45, 7) is 2.24. The molecular weight excluding hydrogens is 288 g/mol. The molecule has 1 heterocycles. The van der Waals surface area contributed by atoms with E-state index in [1.54, 1.807) is 7.11 Å². The minimum atomic E-state index is -0.103. The second-order valence-electron chi connectivity index (χ2n) is 6.38. The lowest BCUT2D eigenvalue weighted by Crippen LogP contribution is -2.53. The first-order valence-corrected chi connectivity index (χ1v) is 8.19. The van der Waals surface area contributed by atoms with Crippen molar-refractivity contribution in [2.75, 3.05) is 26.8 Å². The van der Waals surface area contributed by atoms with Crippen molar-refractivity contribution in [3.63, 3.8) is 0 Å². The van der Waals surface area contributed by atoms with Crippen molar-refractivity contribution in [2.24, 2.45) is 0 Å². The highest BCUT2D eigenvalue weighted by molar-refractivity contribution is 5.85. The van der Waals surface area contributed by atoms with Crippen molar-refractivity contribution in [1.82, 2.24) is 10.6 Å². The Hall–Kier alpha value is -1.91. The van der Waals surface area contributed by atoms with Gasteiger partial charge in [0.2, 0.25) is 5.91 Å². The van der Waals surface area contributed by atoms with Crippen LogP contribution < -0.4 is 10.6 Å². The first-order chi connectivity index (χ1) is 11.2.